The topological polar surface area (TPSA) is 49.3 Å². The summed E-state index contributed by atoms with van der Waals surface area (Å²) in [6.07, 6.45) is 4.89. The van der Waals surface area contributed by atoms with Gasteiger partial charge in [-0.15, -0.1) is 0 Å². The molecule has 0 radical (unpaired) electrons. The Balaban J connectivity index is 2.23. The third-order valence-electron chi connectivity index (χ3n) is 3.37. The summed E-state index contributed by atoms with van der Waals surface area (Å²) in [6.45, 7) is 0. The fraction of sp³-hybridized carbons (Fsp3) is 0.462. The molecule has 0 spiro atoms. The maximum Gasteiger partial charge on any atom is 0.335 e. The number of rotatable bonds is 4. The van der Waals surface area contributed by atoms with Crippen LogP contribution < -0.4 is 5.32 Å². The molecule has 104 valence electrons. The van der Waals surface area contributed by atoms with Gasteiger partial charge in [-0.2, -0.15) is 11.8 Å². The number of carboxylic acids is 1. The average molecular weight is 287 g/mol. The van der Waals surface area contributed by atoms with E-state index < -0.39 is 17.6 Å². The smallest absolute Gasteiger partial charge is 0.335 e. The molecule has 1 aliphatic rings. The quantitative estimate of drug-likeness (QED) is 0.891. The Morgan fingerprint density at radius 3 is 2.53 bits per heavy atom. The van der Waals surface area contributed by atoms with Crippen molar-refractivity contribution in [3.05, 3.63) is 29.3 Å². The van der Waals surface area contributed by atoms with Gasteiger partial charge in [0.2, 0.25) is 0 Å². The van der Waals surface area contributed by atoms with Crippen molar-refractivity contribution in [1.82, 2.24) is 0 Å². The van der Waals surface area contributed by atoms with E-state index >= 15 is 0 Å². The van der Waals surface area contributed by atoms with Crippen LogP contribution in [0.3, 0.4) is 0 Å². The lowest BCUT2D eigenvalue weighted by atomic mass is 10.1. The van der Waals surface area contributed by atoms with Crippen LogP contribution in [0.5, 0.6) is 0 Å². The normalized spacial score (nSPS) is 22.5. The first kappa shape index (κ1) is 14.1. The number of aromatic carboxylic acids is 1. The highest BCUT2D eigenvalue weighted by Crippen LogP contribution is 2.32. The molecule has 1 fully saturated rings. The van der Waals surface area contributed by atoms with Crippen LogP contribution in [0, 0.1) is 11.6 Å². The minimum atomic E-state index is -1.34. The number of carbonyl (C=O) groups is 1. The van der Waals surface area contributed by atoms with Crippen molar-refractivity contribution in [1.29, 1.82) is 0 Å². The van der Waals surface area contributed by atoms with Gasteiger partial charge in [0, 0.05) is 11.3 Å². The summed E-state index contributed by atoms with van der Waals surface area (Å²) in [5.74, 6) is -3.06. The summed E-state index contributed by atoms with van der Waals surface area (Å²) in [6, 6.07) is 1.71. The van der Waals surface area contributed by atoms with E-state index in [0.29, 0.717) is 5.25 Å². The summed E-state index contributed by atoms with van der Waals surface area (Å²) >= 11 is 1.68. The van der Waals surface area contributed by atoms with Crippen molar-refractivity contribution in [2.24, 2.45) is 0 Å². The Hall–Kier alpha value is -1.30. The van der Waals surface area contributed by atoms with Gasteiger partial charge < -0.3 is 10.4 Å². The lowest BCUT2D eigenvalue weighted by Crippen LogP contribution is -2.27. The molecule has 1 saturated carbocycles. The first-order valence-electron chi connectivity index (χ1n) is 6.04. The molecule has 0 aromatic heterocycles. The average Bonchev–Trinajstić information content (AvgIpc) is 2.80. The zero-order chi connectivity index (χ0) is 14.0. The van der Waals surface area contributed by atoms with Crippen molar-refractivity contribution in [2.45, 2.75) is 30.6 Å². The number of anilines is 1. The molecule has 1 aliphatic carbocycles. The first-order valence-corrected chi connectivity index (χ1v) is 7.33. The standard InChI is InChI=1S/C13H15F2NO2S/c1-19-11-4-2-3-10(11)16-12-8(14)5-7(13(17)18)6-9(12)15/h5-6,10-11,16H,2-4H2,1H3,(H,17,18). The molecule has 1 aromatic rings. The fourth-order valence-electron chi connectivity index (χ4n) is 2.39. The molecule has 0 aliphatic heterocycles. The van der Waals surface area contributed by atoms with Crippen molar-refractivity contribution in [2.75, 3.05) is 11.6 Å². The van der Waals surface area contributed by atoms with Gasteiger partial charge in [0.1, 0.15) is 17.3 Å². The zero-order valence-corrected chi connectivity index (χ0v) is 11.3. The second kappa shape index (κ2) is 5.77. The van der Waals surface area contributed by atoms with Gasteiger partial charge in [0.25, 0.3) is 0 Å². The largest absolute Gasteiger partial charge is 0.478 e. The van der Waals surface area contributed by atoms with Gasteiger partial charge in [-0.3, -0.25) is 0 Å². The maximum absolute atomic E-state index is 13.8. The Morgan fingerprint density at radius 2 is 2.00 bits per heavy atom. The fourth-order valence-corrected chi connectivity index (χ4v) is 3.33. The molecular formula is C13H15F2NO2S. The summed E-state index contributed by atoms with van der Waals surface area (Å²) in [7, 11) is 0. The van der Waals surface area contributed by atoms with Crippen LogP contribution in [0.25, 0.3) is 0 Å². The summed E-state index contributed by atoms with van der Waals surface area (Å²) in [4.78, 5) is 10.7. The zero-order valence-electron chi connectivity index (χ0n) is 10.5. The Bertz CT molecular complexity index is 473. The highest BCUT2D eigenvalue weighted by atomic mass is 32.2. The second-order valence-electron chi connectivity index (χ2n) is 4.58. The van der Waals surface area contributed by atoms with E-state index in [9.17, 15) is 13.6 Å². The minimum absolute atomic E-state index is 0.0229. The number of hydrogen-bond donors (Lipinski definition) is 2. The van der Waals surface area contributed by atoms with Crippen molar-refractivity contribution in [3.8, 4) is 0 Å². The van der Waals surface area contributed by atoms with E-state index in [1.807, 2.05) is 6.26 Å². The summed E-state index contributed by atoms with van der Waals surface area (Å²) < 4.78 is 27.6. The highest BCUT2D eigenvalue weighted by molar-refractivity contribution is 7.99. The van der Waals surface area contributed by atoms with Gasteiger partial charge in [0.15, 0.2) is 0 Å². The summed E-state index contributed by atoms with van der Waals surface area (Å²) in [5.41, 5.74) is -0.607. The Morgan fingerprint density at radius 1 is 1.37 bits per heavy atom. The van der Waals surface area contributed by atoms with Crippen molar-refractivity contribution < 1.29 is 18.7 Å². The third kappa shape index (κ3) is 3.00. The lowest BCUT2D eigenvalue weighted by molar-refractivity contribution is 0.0696. The number of halogens is 2. The molecular weight excluding hydrogens is 272 g/mol. The molecule has 2 rings (SSSR count). The van der Waals surface area contributed by atoms with Gasteiger partial charge in [-0.05, 0) is 31.2 Å². The van der Waals surface area contributed by atoms with Crippen LogP contribution in [-0.2, 0) is 0 Å². The first-order chi connectivity index (χ1) is 9.02. The van der Waals surface area contributed by atoms with Crippen molar-refractivity contribution in [3.63, 3.8) is 0 Å². The molecule has 1 aromatic carbocycles. The number of benzene rings is 1. The predicted molar refractivity (Wildman–Crippen MR) is 71.9 cm³/mol. The SMILES string of the molecule is CSC1CCCC1Nc1c(F)cc(C(=O)O)cc1F. The van der Waals surface area contributed by atoms with Crippen molar-refractivity contribution >= 4 is 23.4 Å². The van der Waals surface area contributed by atoms with E-state index in [0.717, 1.165) is 31.4 Å². The third-order valence-corrected chi connectivity index (χ3v) is 4.54. The van der Waals surface area contributed by atoms with E-state index in [1.165, 1.54) is 0 Å². The molecule has 2 unspecified atom stereocenters. The molecule has 6 heteroatoms. The number of carboxylic acid groups (broad SMARTS) is 1. The molecule has 0 amide bonds. The molecule has 0 bridgehead atoms. The molecule has 2 atom stereocenters. The molecule has 0 heterocycles. The van der Waals surface area contributed by atoms with Gasteiger partial charge >= 0.3 is 5.97 Å². The van der Waals surface area contributed by atoms with Gasteiger partial charge in [-0.1, -0.05) is 6.42 Å². The number of hydrogen-bond acceptors (Lipinski definition) is 3. The lowest BCUT2D eigenvalue weighted by Gasteiger charge is -2.21. The van der Waals surface area contributed by atoms with E-state index in [-0.39, 0.29) is 17.3 Å². The Kier molecular flexibility index (Phi) is 4.29. The van der Waals surface area contributed by atoms with E-state index in [4.69, 9.17) is 5.11 Å². The van der Waals surface area contributed by atoms with E-state index in [1.54, 1.807) is 11.8 Å². The van der Waals surface area contributed by atoms with Crippen LogP contribution in [0.15, 0.2) is 12.1 Å². The molecule has 2 N–H and O–H groups in total. The van der Waals surface area contributed by atoms with Gasteiger partial charge in [-0.25, -0.2) is 13.6 Å². The van der Waals surface area contributed by atoms with Crippen LogP contribution in [-0.4, -0.2) is 28.6 Å². The van der Waals surface area contributed by atoms with Crippen LogP contribution in [0.2, 0.25) is 0 Å². The minimum Gasteiger partial charge on any atom is -0.478 e. The monoisotopic (exact) mass is 287 g/mol. The predicted octanol–water partition coefficient (Wildman–Crippen LogP) is 3.36. The maximum atomic E-state index is 13.8. The van der Waals surface area contributed by atoms with Crippen LogP contribution in [0.1, 0.15) is 29.6 Å². The van der Waals surface area contributed by atoms with Crippen LogP contribution in [0.4, 0.5) is 14.5 Å². The highest BCUT2D eigenvalue weighted by Gasteiger charge is 2.28. The van der Waals surface area contributed by atoms with E-state index in [2.05, 4.69) is 5.32 Å². The molecule has 3 nitrogen and oxygen atoms in total. The summed E-state index contributed by atoms with van der Waals surface area (Å²) in [5, 5.41) is 11.9. The number of nitrogens with one attached hydrogen (secondary N) is 1. The Labute approximate surface area is 114 Å². The van der Waals surface area contributed by atoms with Crippen LogP contribution >= 0.6 is 11.8 Å². The number of thioether (sulfide) groups is 1. The molecule has 0 saturated heterocycles. The van der Waals surface area contributed by atoms with Gasteiger partial charge in [0.05, 0.1) is 5.56 Å². The second-order valence-corrected chi connectivity index (χ2v) is 5.65. The molecule has 19 heavy (non-hydrogen) atoms.